The van der Waals surface area contributed by atoms with E-state index in [9.17, 15) is 9.59 Å². The summed E-state index contributed by atoms with van der Waals surface area (Å²) in [6.45, 7) is 2.23. The van der Waals surface area contributed by atoms with E-state index >= 15 is 0 Å². The number of hydrogen-bond acceptors (Lipinski definition) is 2. The Kier molecular flexibility index (Phi) is 11.7. The Morgan fingerprint density at radius 3 is 2.12 bits per heavy atom. The van der Waals surface area contributed by atoms with E-state index < -0.39 is 6.04 Å². The van der Waals surface area contributed by atoms with Gasteiger partial charge in [0.15, 0.2) is 0 Å². The van der Waals surface area contributed by atoms with Crippen molar-refractivity contribution in [1.29, 1.82) is 0 Å². The average Bonchev–Trinajstić information content (AvgIpc) is 2.60. The van der Waals surface area contributed by atoms with Crippen LogP contribution in [0.5, 0.6) is 0 Å². The summed E-state index contributed by atoms with van der Waals surface area (Å²) in [6, 6.07) is 9.17. The first-order valence-electron chi connectivity index (χ1n) is 9.47. The van der Waals surface area contributed by atoms with Crippen molar-refractivity contribution in [1.82, 2.24) is 5.32 Å². The molecule has 1 rings (SSSR count). The molecular weight excluding hydrogens is 298 g/mol. The van der Waals surface area contributed by atoms with Crippen LogP contribution in [0, 0.1) is 0 Å². The van der Waals surface area contributed by atoms with Crippen LogP contribution in [0.3, 0.4) is 0 Å². The van der Waals surface area contributed by atoms with E-state index in [2.05, 4.69) is 12.2 Å². The smallest absolute Gasteiger partial charge is 0.223 e. The summed E-state index contributed by atoms with van der Waals surface area (Å²) in [4.78, 5) is 22.9. The second-order valence-corrected chi connectivity index (χ2v) is 6.51. The molecule has 0 aliphatic carbocycles. The second kappa shape index (κ2) is 13.8. The Bertz CT molecular complexity index is 444. The van der Waals surface area contributed by atoms with E-state index in [-0.39, 0.29) is 5.91 Å². The van der Waals surface area contributed by atoms with Crippen LogP contribution in [0.15, 0.2) is 30.3 Å². The maximum Gasteiger partial charge on any atom is 0.223 e. The van der Waals surface area contributed by atoms with Crippen molar-refractivity contribution < 1.29 is 9.59 Å². The minimum Gasteiger partial charge on any atom is -0.345 e. The summed E-state index contributed by atoms with van der Waals surface area (Å²) in [6.07, 6.45) is 14.0. The first-order valence-corrected chi connectivity index (χ1v) is 9.47. The minimum atomic E-state index is -0.543. The van der Waals surface area contributed by atoms with Gasteiger partial charge in [-0.25, -0.2) is 0 Å². The molecule has 3 nitrogen and oxygen atoms in total. The topological polar surface area (TPSA) is 46.2 Å². The summed E-state index contributed by atoms with van der Waals surface area (Å²) >= 11 is 0. The van der Waals surface area contributed by atoms with E-state index in [4.69, 9.17) is 0 Å². The molecule has 0 aliphatic heterocycles. The molecule has 0 heterocycles. The highest BCUT2D eigenvalue weighted by Crippen LogP contribution is 2.10. The molecule has 0 spiro atoms. The molecule has 1 unspecified atom stereocenters. The highest BCUT2D eigenvalue weighted by atomic mass is 16.2. The summed E-state index contributed by atoms with van der Waals surface area (Å²) < 4.78 is 0. The fourth-order valence-electron chi connectivity index (χ4n) is 2.83. The van der Waals surface area contributed by atoms with Gasteiger partial charge in [-0.2, -0.15) is 0 Å². The Balaban J connectivity index is 2.06. The third kappa shape index (κ3) is 10.2. The molecule has 0 saturated heterocycles. The normalized spacial score (nSPS) is 11.9. The number of carbonyl (C=O) groups is 1. The minimum absolute atomic E-state index is 0.0396. The van der Waals surface area contributed by atoms with Gasteiger partial charge in [-0.1, -0.05) is 88.6 Å². The largest absolute Gasteiger partial charge is 0.345 e. The number of benzene rings is 1. The molecule has 0 aromatic heterocycles. The van der Waals surface area contributed by atoms with Gasteiger partial charge >= 0.3 is 0 Å². The van der Waals surface area contributed by atoms with E-state index in [0.717, 1.165) is 18.4 Å². The van der Waals surface area contributed by atoms with Crippen LogP contribution in [0.25, 0.3) is 0 Å². The van der Waals surface area contributed by atoms with Crippen LogP contribution in [-0.4, -0.2) is 18.2 Å². The lowest BCUT2D eigenvalue weighted by molar-refractivity contribution is -0.121. The lowest BCUT2D eigenvalue weighted by atomic mass is 10.1. The number of carbonyl (C=O) groups excluding carboxylic acids is 2. The first-order chi connectivity index (χ1) is 11.8. The van der Waals surface area contributed by atoms with Gasteiger partial charge in [-0.15, -0.1) is 0 Å². The standard InChI is InChI=1S/C21H32NO2/c1-2-3-4-5-6-7-8-9-13-16-21(24)22-20(18-23)17-19-14-11-10-12-15-19/h10-12,14-15,20H,2-9,13,16-17H2,1H3,(H,22,24). The number of hydrogen-bond donors (Lipinski definition) is 1. The molecule has 1 atom stereocenters. The van der Waals surface area contributed by atoms with Crippen molar-refractivity contribution in [2.24, 2.45) is 0 Å². The van der Waals surface area contributed by atoms with E-state index in [1.807, 2.05) is 36.6 Å². The summed E-state index contributed by atoms with van der Waals surface area (Å²) in [7, 11) is 0. The maximum absolute atomic E-state index is 11.9. The molecule has 0 fully saturated rings. The molecule has 0 bridgehead atoms. The Hall–Kier alpha value is -1.64. The molecule has 3 heteroatoms. The van der Waals surface area contributed by atoms with Crippen LogP contribution < -0.4 is 5.32 Å². The van der Waals surface area contributed by atoms with Gasteiger partial charge in [-0.05, 0) is 12.0 Å². The third-order valence-corrected chi connectivity index (χ3v) is 4.27. The van der Waals surface area contributed by atoms with Crippen molar-refractivity contribution in [3.8, 4) is 0 Å². The van der Waals surface area contributed by atoms with Crippen molar-refractivity contribution in [3.05, 3.63) is 35.9 Å². The molecule has 1 amide bonds. The van der Waals surface area contributed by atoms with Crippen LogP contribution >= 0.6 is 0 Å². The monoisotopic (exact) mass is 330 g/mol. The number of amides is 1. The summed E-state index contributed by atoms with van der Waals surface area (Å²) in [5.74, 6) is -0.0396. The van der Waals surface area contributed by atoms with Crippen molar-refractivity contribution in [3.63, 3.8) is 0 Å². The number of nitrogens with one attached hydrogen (secondary N) is 1. The van der Waals surface area contributed by atoms with Gasteiger partial charge in [0.2, 0.25) is 12.2 Å². The number of rotatable bonds is 14. The van der Waals surface area contributed by atoms with E-state index in [1.54, 1.807) is 0 Å². The first kappa shape index (κ1) is 20.4. The van der Waals surface area contributed by atoms with Gasteiger partial charge in [0.25, 0.3) is 0 Å². The molecule has 0 aliphatic rings. The van der Waals surface area contributed by atoms with Crippen LogP contribution in [-0.2, 0) is 16.0 Å². The van der Waals surface area contributed by atoms with Crippen LogP contribution in [0.4, 0.5) is 0 Å². The SMILES string of the molecule is CCCCCCCCCCCC(=O)NC([C]=O)Cc1ccccc1. The van der Waals surface area contributed by atoms with Gasteiger partial charge in [0.05, 0.1) is 6.04 Å². The zero-order valence-electron chi connectivity index (χ0n) is 15.1. The lowest BCUT2D eigenvalue weighted by Crippen LogP contribution is -2.37. The van der Waals surface area contributed by atoms with Gasteiger partial charge in [0.1, 0.15) is 0 Å². The van der Waals surface area contributed by atoms with Crippen LogP contribution in [0.1, 0.15) is 76.7 Å². The van der Waals surface area contributed by atoms with Crippen molar-refractivity contribution in [2.45, 2.75) is 83.6 Å². The molecule has 1 N–H and O–H groups in total. The molecule has 133 valence electrons. The third-order valence-electron chi connectivity index (χ3n) is 4.27. The van der Waals surface area contributed by atoms with E-state index in [0.29, 0.717) is 12.8 Å². The summed E-state index contributed by atoms with van der Waals surface area (Å²) in [5.41, 5.74) is 1.04. The quantitative estimate of drug-likeness (QED) is 0.501. The Labute approximate surface area is 147 Å². The fraction of sp³-hybridized carbons (Fsp3) is 0.619. The lowest BCUT2D eigenvalue weighted by Gasteiger charge is -2.12. The Morgan fingerprint density at radius 2 is 1.54 bits per heavy atom. The zero-order chi connectivity index (χ0) is 17.5. The van der Waals surface area contributed by atoms with Crippen molar-refractivity contribution >= 4 is 12.2 Å². The van der Waals surface area contributed by atoms with Gasteiger partial charge in [-0.3, -0.25) is 9.59 Å². The summed E-state index contributed by atoms with van der Waals surface area (Å²) in [5, 5.41) is 2.78. The average molecular weight is 330 g/mol. The Morgan fingerprint density at radius 1 is 0.958 bits per heavy atom. The number of unbranched alkanes of at least 4 members (excludes halogenated alkanes) is 8. The molecule has 1 radical (unpaired) electrons. The fourth-order valence-corrected chi connectivity index (χ4v) is 2.83. The molecule has 24 heavy (non-hydrogen) atoms. The molecular formula is C21H32NO2. The van der Waals surface area contributed by atoms with Gasteiger partial charge < -0.3 is 5.32 Å². The molecule has 0 saturated carbocycles. The maximum atomic E-state index is 11.9. The zero-order valence-corrected chi connectivity index (χ0v) is 15.1. The van der Waals surface area contributed by atoms with Crippen molar-refractivity contribution in [2.75, 3.05) is 0 Å². The molecule has 1 aromatic carbocycles. The van der Waals surface area contributed by atoms with Gasteiger partial charge in [0, 0.05) is 12.8 Å². The highest BCUT2D eigenvalue weighted by Gasteiger charge is 2.12. The predicted molar refractivity (Wildman–Crippen MR) is 99.6 cm³/mol. The predicted octanol–water partition coefficient (Wildman–Crippen LogP) is 4.74. The highest BCUT2D eigenvalue weighted by molar-refractivity contribution is 5.79. The van der Waals surface area contributed by atoms with E-state index in [1.165, 1.54) is 44.9 Å². The second-order valence-electron chi connectivity index (χ2n) is 6.51. The molecule has 1 aromatic rings. The van der Waals surface area contributed by atoms with Crippen LogP contribution in [0.2, 0.25) is 0 Å².